The van der Waals surface area contributed by atoms with E-state index in [-0.39, 0.29) is 16.6 Å². The van der Waals surface area contributed by atoms with E-state index in [4.69, 9.17) is 5.11 Å². The zero-order valence-electron chi connectivity index (χ0n) is 6.98. The summed E-state index contributed by atoms with van der Waals surface area (Å²) < 4.78 is 37.7. The van der Waals surface area contributed by atoms with E-state index < -0.39 is 24.5 Å². The van der Waals surface area contributed by atoms with Crippen LogP contribution in [0.2, 0.25) is 0 Å². The maximum atomic E-state index is 13.2. The van der Waals surface area contributed by atoms with E-state index in [0.717, 1.165) is 6.07 Å². The van der Waals surface area contributed by atoms with Gasteiger partial charge in [-0.2, -0.15) is 0 Å². The van der Waals surface area contributed by atoms with Crippen molar-refractivity contribution in [2.24, 2.45) is 0 Å². The van der Waals surface area contributed by atoms with Crippen LogP contribution in [0, 0.1) is 5.82 Å². The Morgan fingerprint density at radius 1 is 1.50 bits per heavy atom. The molecule has 0 amide bonds. The van der Waals surface area contributed by atoms with Crippen LogP contribution in [0.4, 0.5) is 13.2 Å². The summed E-state index contributed by atoms with van der Waals surface area (Å²) in [5.74, 6) is -0.742. The SMILES string of the molecule is OCc1cc(C(F)F)nc(CBr)c1F. The van der Waals surface area contributed by atoms with Gasteiger partial charge in [-0.1, -0.05) is 15.9 Å². The summed E-state index contributed by atoms with van der Waals surface area (Å²) in [5.41, 5.74) is -0.804. The summed E-state index contributed by atoms with van der Waals surface area (Å²) in [6, 6.07) is 0.867. The van der Waals surface area contributed by atoms with Gasteiger partial charge >= 0.3 is 0 Å². The lowest BCUT2D eigenvalue weighted by Gasteiger charge is -2.07. The molecule has 0 radical (unpaired) electrons. The Bertz CT molecular complexity index is 307. The molecule has 0 aliphatic rings. The monoisotopic (exact) mass is 269 g/mol. The Balaban J connectivity index is 3.25. The van der Waals surface area contributed by atoms with Crippen LogP contribution in [0.3, 0.4) is 0 Å². The van der Waals surface area contributed by atoms with E-state index in [1.165, 1.54) is 0 Å². The van der Waals surface area contributed by atoms with Crippen LogP contribution in [0.5, 0.6) is 0 Å². The molecule has 6 heteroatoms. The highest BCUT2D eigenvalue weighted by molar-refractivity contribution is 9.08. The second-order valence-corrected chi connectivity index (χ2v) is 3.12. The lowest BCUT2D eigenvalue weighted by molar-refractivity contribution is 0.145. The van der Waals surface area contributed by atoms with Crippen molar-refractivity contribution in [3.63, 3.8) is 0 Å². The van der Waals surface area contributed by atoms with Crippen LogP contribution < -0.4 is 0 Å². The summed E-state index contributed by atoms with van der Waals surface area (Å²) in [4.78, 5) is 3.42. The molecule has 1 heterocycles. The molecule has 0 aliphatic heterocycles. The summed E-state index contributed by atoms with van der Waals surface area (Å²) in [6.45, 7) is -0.617. The first-order chi connectivity index (χ1) is 6.60. The van der Waals surface area contributed by atoms with Gasteiger partial charge < -0.3 is 5.11 Å². The highest BCUT2D eigenvalue weighted by atomic mass is 79.9. The first kappa shape index (κ1) is 11.5. The van der Waals surface area contributed by atoms with Crippen molar-refractivity contribution < 1.29 is 18.3 Å². The fraction of sp³-hybridized carbons (Fsp3) is 0.375. The third-order valence-electron chi connectivity index (χ3n) is 1.64. The number of pyridine rings is 1. The van der Waals surface area contributed by atoms with Gasteiger partial charge in [0.1, 0.15) is 5.69 Å². The van der Waals surface area contributed by atoms with E-state index >= 15 is 0 Å². The molecule has 78 valence electrons. The average molecular weight is 270 g/mol. The van der Waals surface area contributed by atoms with Gasteiger partial charge in [0.2, 0.25) is 0 Å². The first-order valence-corrected chi connectivity index (χ1v) is 4.85. The number of aromatic nitrogens is 1. The Morgan fingerprint density at radius 2 is 2.14 bits per heavy atom. The number of hydrogen-bond donors (Lipinski definition) is 1. The van der Waals surface area contributed by atoms with Crippen LogP contribution >= 0.6 is 15.9 Å². The number of alkyl halides is 3. The number of nitrogens with zero attached hydrogens (tertiary/aromatic N) is 1. The fourth-order valence-corrected chi connectivity index (χ4v) is 1.35. The second kappa shape index (κ2) is 4.75. The zero-order chi connectivity index (χ0) is 10.7. The van der Waals surface area contributed by atoms with E-state index in [9.17, 15) is 13.2 Å². The van der Waals surface area contributed by atoms with Gasteiger partial charge in [0.15, 0.2) is 5.82 Å². The molecule has 0 atom stereocenters. The van der Waals surface area contributed by atoms with Gasteiger partial charge in [-0.25, -0.2) is 18.2 Å². The number of hydrogen-bond acceptors (Lipinski definition) is 2. The van der Waals surface area contributed by atoms with Gasteiger partial charge in [0, 0.05) is 10.9 Å². The van der Waals surface area contributed by atoms with Crippen LogP contribution in [0.25, 0.3) is 0 Å². The minimum absolute atomic E-state index is 0.0341. The molecule has 0 unspecified atom stereocenters. The predicted molar refractivity (Wildman–Crippen MR) is 47.7 cm³/mol. The maximum Gasteiger partial charge on any atom is 0.280 e. The van der Waals surface area contributed by atoms with E-state index in [2.05, 4.69) is 20.9 Å². The van der Waals surface area contributed by atoms with Crippen molar-refractivity contribution in [1.82, 2.24) is 4.98 Å². The molecule has 0 saturated carbocycles. The molecule has 1 aromatic rings. The largest absolute Gasteiger partial charge is 0.392 e. The number of aliphatic hydroxyl groups excluding tert-OH is 1. The minimum atomic E-state index is -2.77. The van der Waals surface area contributed by atoms with Crippen LogP contribution in [0.1, 0.15) is 23.4 Å². The zero-order valence-corrected chi connectivity index (χ0v) is 8.56. The highest BCUT2D eigenvalue weighted by Gasteiger charge is 2.16. The highest BCUT2D eigenvalue weighted by Crippen LogP contribution is 2.22. The molecular formula is C8H7BrF3NO. The molecule has 1 rings (SSSR count). The molecule has 0 spiro atoms. The lowest BCUT2D eigenvalue weighted by atomic mass is 10.2. The van der Waals surface area contributed by atoms with Gasteiger partial charge in [-0.15, -0.1) is 0 Å². The molecule has 0 saturated heterocycles. The topological polar surface area (TPSA) is 33.1 Å². The standard InChI is InChI=1S/C8H7BrF3NO/c9-2-6-7(10)4(3-14)1-5(13-6)8(11)12/h1,8,14H,2-3H2. The maximum absolute atomic E-state index is 13.2. The number of aliphatic hydroxyl groups is 1. The first-order valence-electron chi connectivity index (χ1n) is 3.73. The Kier molecular flexibility index (Phi) is 3.88. The molecule has 0 bridgehead atoms. The van der Waals surface area contributed by atoms with Crippen LogP contribution in [-0.2, 0) is 11.9 Å². The van der Waals surface area contributed by atoms with Gasteiger partial charge in [0.05, 0.1) is 12.3 Å². The van der Waals surface area contributed by atoms with E-state index in [1.54, 1.807) is 0 Å². The van der Waals surface area contributed by atoms with Crippen molar-refractivity contribution in [2.75, 3.05) is 0 Å². The summed E-state index contributed by atoms with van der Waals surface area (Å²) >= 11 is 2.93. The van der Waals surface area contributed by atoms with Crippen molar-refractivity contribution in [3.8, 4) is 0 Å². The Labute approximate surface area is 86.9 Å². The van der Waals surface area contributed by atoms with Crippen molar-refractivity contribution in [3.05, 3.63) is 28.8 Å². The molecule has 1 N–H and O–H groups in total. The van der Waals surface area contributed by atoms with Gasteiger partial charge in [-0.3, -0.25) is 0 Å². The summed E-state index contributed by atoms with van der Waals surface area (Å²) in [5, 5.41) is 8.75. The molecule has 1 aromatic heterocycles. The Morgan fingerprint density at radius 3 is 2.57 bits per heavy atom. The van der Waals surface area contributed by atoms with Crippen LogP contribution in [0.15, 0.2) is 6.07 Å². The minimum Gasteiger partial charge on any atom is -0.392 e. The molecule has 0 fully saturated rings. The molecule has 2 nitrogen and oxygen atoms in total. The van der Waals surface area contributed by atoms with Crippen molar-refractivity contribution >= 4 is 15.9 Å². The molecular weight excluding hydrogens is 263 g/mol. The lowest BCUT2D eigenvalue weighted by Crippen LogP contribution is -2.03. The van der Waals surface area contributed by atoms with E-state index in [0.29, 0.717) is 0 Å². The fourth-order valence-electron chi connectivity index (χ4n) is 0.980. The quantitative estimate of drug-likeness (QED) is 0.856. The van der Waals surface area contributed by atoms with Crippen LogP contribution in [-0.4, -0.2) is 10.1 Å². The van der Waals surface area contributed by atoms with Crippen molar-refractivity contribution in [2.45, 2.75) is 18.4 Å². The van der Waals surface area contributed by atoms with Gasteiger partial charge in [-0.05, 0) is 6.07 Å². The van der Waals surface area contributed by atoms with Crippen molar-refractivity contribution in [1.29, 1.82) is 0 Å². The summed E-state index contributed by atoms with van der Waals surface area (Å²) in [6.07, 6.45) is -2.77. The molecule has 14 heavy (non-hydrogen) atoms. The third kappa shape index (κ3) is 2.24. The molecule has 0 aromatic carbocycles. The van der Waals surface area contributed by atoms with E-state index in [1.807, 2.05) is 0 Å². The average Bonchev–Trinajstić information content (AvgIpc) is 2.17. The third-order valence-corrected chi connectivity index (χ3v) is 2.17. The predicted octanol–water partition coefficient (Wildman–Crippen LogP) is 2.55. The normalized spacial score (nSPS) is 11.0. The van der Waals surface area contributed by atoms with Gasteiger partial charge in [0.25, 0.3) is 6.43 Å². The Hall–Kier alpha value is -0.620. The molecule has 0 aliphatic carbocycles. The second-order valence-electron chi connectivity index (χ2n) is 2.56. The summed E-state index contributed by atoms with van der Waals surface area (Å²) in [7, 11) is 0. The number of halogens is 4. The smallest absolute Gasteiger partial charge is 0.280 e. The number of rotatable bonds is 3.